The first-order chi connectivity index (χ1) is 12.5. The van der Waals surface area contributed by atoms with E-state index in [4.69, 9.17) is 9.40 Å². The minimum absolute atomic E-state index is 0.0447. The summed E-state index contributed by atoms with van der Waals surface area (Å²) in [4.78, 5) is 4.74. The Morgan fingerprint density at radius 1 is 1.12 bits per heavy atom. The Morgan fingerprint density at radius 2 is 1.85 bits per heavy atom. The predicted molar refractivity (Wildman–Crippen MR) is 105 cm³/mol. The molecular formula is C20H26N4OS. The van der Waals surface area contributed by atoms with Crippen molar-refractivity contribution >= 4 is 11.8 Å². The van der Waals surface area contributed by atoms with Gasteiger partial charge >= 0.3 is 0 Å². The molecule has 6 heteroatoms. The van der Waals surface area contributed by atoms with Crippen LogP contribution in [0.25, 0.3) is 11.5 Å². The molecule has 0 saturated heterocycles. The summed E-state index contributed by atoms with van der Waals surface area (Å²) >= 11 is 1.68. The normalized spacial score (nSPS) is 12.5. The van der Waals surface area contributed by atoms with Crippen LogP contribution in [0, 0.1) is 20.8 Å². The Morgan fingerprint density at radius 3 is 2.54 bits per heavy atom. The number of aryl methyl sites for hydroxylation is 2. The van der Waals surface area contributed by atoms with E-state index in [0.29, 0.717) is 11.8 Å². The van der Waals surface area contributed by atoms with E-state index in [0.717, 1.165) is 29.4 Å². The van der Waals surface area contributed by atoms with Gasteiger partial charge in [-0.05, 0) is 46.2 Å². The molecule has 2 heterocycles. The lowest BCUT2D eigenvalue weighted by Gasteiger charge is -2.11. The highest BCUT2D eigenvalue weighted by atomic mass is 32.2. The zero-order valence-corrected chi connectivity index (χ0v) is 16.9. The van der Waals surface area contributed by atoms with Crippen molar-refractivity contribution in [2.24, 2.45) is 0 Å². The van der Waals surface area contributed by atoms with Crippen LogP contribution >= 0.6 is 11.8 Å². The molecule has 0 radical (unpaired) electrons. The quantitative estimate of drug-likeness (QED) is 0.513. The van der Waals surface area contributed by atoms with Crippen molar-refractivity contribution in [3.8, 4) is 11.5 Å². The minimum atomic E-state index is 0.0447. The Hall–Kier alpha value is -2.08. The summed E-state index contributed by atoms with van der Waals surface area (Å²) in [7, 11) is 0. The smallest absolute Gasteiger partial charge is 0.247 e. The van der Waals surface area contributed by atoms with E-state index in [1.54, 1.807) is 11.8 Å². The SMILES string of the molecule is CCCCn1c(SC(C)c2nnc(-c3ccc(C)cc3)o2)nc(C)c1C. The molecule has 5 nitrogen and oxygen atoms in total. The molecule has 26 heavy (non-hydrogen) atoms. The molecule has 3 aromatic rings. The molecule has 0 bridgehead atoms. The molecule has 0 aliphatic carbocycles. The highest BCUT2D eigenvalue weighted by Crippen LogP contribution is 2.35. The average molecular weight is 371 g/mol. The van der Waals surface area contributed by atoms with Crippen LogP contribution < -0.4 is 0 Å². The zero-order chi connectivity index (χ0) is 18.7. The number of thioether (sulfide) groups is 1. The van der Waals surface area contributed by atoms with Gasteiger partial charge in [-0.1, -0.05) is 42.8 Å². The summed E-state index contributed by atoms with van der Waals surface area (Å²) in [6, 6.07) is 8.12. The number of rotatable bonds is 7. The van der Waals surface area contributed by atoms with Crippen molar-refractivity contribution in [1.29, 1.82) is 0 Å². The van der Waals surface area contributed by atoms with Gasteiger partial charge in [-0.15, -0.1) is 10.2 Å². The highest BCUT2D eigenvalue weighted by molar-refractivity contribution is 7.99. The van der Waals surface area contributed by atoms with Crippen molar-refractivity contribution in [2.75, 3.05) is 0 Å². The van der Waals surface area contributed by atoms with E-state index < -0.39 is 0 Å². The van der Waals surface area contributed by atoms with E-state index in [1.165, 1.54) is 17.7 Å². The summed E-state index contributed by atoms with van der Waals surface area (Å²) in [6.07, 6.45) is 2.32. The van der Waals surface area contributed by atoms with Gasteiger partial charge in [-0.25, -0.2) is 4.98 Å². The second-order valence-electron chi connectivity index (χ2n) is 6.64. The summed E-state index contributed by atoms with van der Waals surface area (Å²) in [5, 5.41) is 9.54. The Bertz CT molecular complexity index is 867. The summed E-state index contributed by atoms with van der Waals surface area (Å²) in [5.74, 6) is 1.19. The van der Waals surface area contributed by atoms with Crippen LogP contribution in [0.3, 0.4) is 0 Å². The van der Waals surface area contributed by atoms with Gasteiger partial charge in [-0.2, -0.15) is 0 Å². The Labute approximate surface area is 159 Å². The van der Waals surface area contributed by atoms with Crippen molar-refractivity contribution < 1.29 is 4.42 Å². The van der Waals surface area contributed by atoms with E-state index in [9.17, 15) is 0 Å². The van der Waals surface area contributed by atoms with Gasteiger partial charge in [0.05, 0.1) is 10.9 Å². The van der Waals surface area contributed by atoms with Crippen LogP contribution in [0.1, 0.15) is 54.8 Å². The summed E-state index contributed by atoms with van der Waals surface area (Å²) in [5.41, 5.74) is 4.48. The third-order valence-electron chi connectivity index (χ3n) is 4.53. The molecule has 0 saturated carbocycles. The fourth-order valence-corrected chi connectivity index (χ4v) is 3.77. The average Bonchev–Trinajstić information content (AvgIpc) is 3.21. The van der Waals surface area contributed by atoms with Crippen LogP contribution in [-0.4, -0.2) is 19.7 Å². The van der Waals surface area contributed by atoms with Crippen molar-refractivity contribution in [3.63, 3.8) is 0 Å². The second kappa shape index (κ2) is 8.08. The molecule has 3 rings (SSSR count). The number of aromatic nitrogens is 4. The van der Waals surface area contributed by atoms with Crippen LogP contribution in [0.15, 0.2) is 33.8 Å². The van der Waals surface area contributed by atoms with Crippen LogP contribution in [0.5, 0.6) is 0 Å². The van der Waals surface area contributed by atoms with E-state index in [2.05, 4.69) is 49.4 Å². The Balaban J connectivity index is 1.77. The third-order valence-corrected chi connectivity index (χ3v) is 5.60. The molecule has 0 aliphatic heterocycles. The largest absolute Gasteiger partial charge is 0.419 e. The van der Waals surface area contributed by atoms with Gasteiger partial charge < -0.3 is 8.98 Å². The first kappa shape index (κ1) is 18.7. The van der Waals surface area contributed by atoms with Gasteiger partial charge in [0, 0.05) is 17.8 Å². The lowest BCUT2D eigenvalue weighted by Crippen LogP contribution is -2.03. The molecule has 0 spiro atoms. The molecule has 0 fully saturated rings. The van der Waals surface area contributed by atoms with E-state index in [-0.39, 0.29) is 5.25 Å². The maximum absolute atomic E-state index is 5.92. The maximum Gasteiger partial charge on any atom is 0.247 e. The number of hydrogen-bond acceptors (Lipinski definition) is 5. The number of imidazole rings is 1. The molecule has 2 aromatic heterocycles. The standard InChI is InChI=1S/C20H26N4OS/c1-6-7-12-24-15(4)14(3)21-20(24)26-16(5)18-22-23-19(25-18)17-10-8-13(2)9-11-17/h8-11,16H,6-7,12H2,1-5H3. The third kappa shape index (κ3) is 4.01. The number of unbranched alkanes of at least 4 members (excludes halogenated alkanes) is 1. The van der Waals surface area contributed by atoms with Gasteiger partial charge in [-0.3, -0.25) is 0 Å². The van der Waals surface area contributed by atoms with Gasteiger partial charge in [0.1, 0.15) is 0 Å². The topological polar surface area (TPSA) is 56.7 Å². The molecule has 1 atom stereocenters. The molecule has 1 unspecified atom stereocenters. The molecule has 0 aliphatic rings. The maximum atomic E-state index is 5.92. The van der Waals surface area contributed by atoms with Crippen molar-refractivity contribution in [3.05, 3.63) is 47.1 Å². The second-order valence-corrected chi connectivity index (χ2v) is 7.95. The van der Waals surface area contributed by atoms with Gasteiger partial charge in [0.25, 0.3) is 0 Å². The van der Waals surface area contributed by atoms with Crippen LogP contribution in [0.2, 0.25) is 0 Å². The number of nitrogens with zero attached hydrogens (tertiary/aromatic N) is 4. The molecular weight excluding hydrogens is 344 g/mol. The van der Waals surface area contributed by atoms with Gasteiger partial charge in [0.15, 0.2) is 5.16 Å². The highest BCUT2D eigenvalue weighted by Gasteiger charge is 2.20. The van der Waals surface area contributed by atoms with Crippen LogP contribution in [0.4, 0.5) is 0 Å². The van der Waals surface area contributed by atoms with Crippen molar-refractivity contribution in [1.82, 2.24) is 19.7 Å². The van der Waals surface area contributed by atoms with Crippen molar-refractivity contribution in [2.45, 2.75) is 64.4 Å². The lowest BCUT2D eigenvalue weighted by molar-refractivity contribution is 0.508. The predicted octanol–water partition coefficient (Wildman–Crippen LogP) is 5.51. The van der Waals surface area contributed by atoms with E-state index >= 15 is 0 Å². The first-order valence-electron chi connectivity index (χ1n) is 9.10. The summed E-state index contributed by atoms with van der Waals surface area (Å²) < 4.78 is 8.22. The Kier molecular flexibility index (Phi) is 5.81. The monoisotopic (exact) mass is 370 g/mol. The van der Waals surface area contributed by atoms with E-state index in [1.807, 2.05) is 24.3 Å². The van der Waals surface area contributed by atoms with Gasteiger partial charge in [0.2, 0.25) is 11.8 Å². The van der Waals surface area contributed by atoms with Crippen LogP contribution in [-0.2, 0) is 6.54 Å². The minimum Gasteiger partial charge on any atom is -0.419 e. The zero-order valence-electron chi connectivity index (χ0n) is 16.1. The first-order valence-corrected chi connectivity index (χ1v) is 9.98. The fraction of sp³-hybridized carbons (Fsp3) is 0.450. The summed E-state index contributed by atoms with van der Waals surface area (Å²) in [6.45, 7) is 11.5. The lowest BCUT2D eigenvalue weighted by atomic mass is 10.1. The molecule has 0 amide bonds. The fourth-order valence-electron chi connectivity index (χ4n) is 2.71. The number of benzene rings is 1. The molecule has 1 aromatic carbocycles. The molecule has 0 N–H and O–H groups in total. The number of hydrogen-bond donors (Lipinski definition) is 0. The molecule has 138 valence electrons.